The summed E-state index contributed by atoms with van der Waals surface area (Å²) in [6.07, 6.45) is -4.03. The van der Waals surface area contributed by atoms with Crippen molar-refractivity contribution in [3.8, 4) is 6.07 Å². The molecule has 22 heavy (non-hydrogen) atoms. The number of nitrogens with zero attached hydrogens (tertiary/aromatic N) is 1. The number of rotatable bonds is 1. The Bertz CT molecular complexity index is 642. The number of Topliss-reactive ketones (excluding diaryl/α,β-unsaturated/α-hetero) is 1. The highest BCUT2D eigenvalue weighted by atomic mass is 19.4. The second kappa shape index (κ2) is 5.12. The Morgan fingerprint density at radius 1 is 1.23 bits per heavy atom. The summed E-state index contributed by atoms with van der Waals surface area (Å²) in [5, 5.41) is 9.21. The molecule has 1 aliphatic carbocycles. The number of benzene rings is 1. The molecule has 0 amide bonds. The third-order valence-electron chi connectivity index (χ3n) is 4.51. The molecule has 2 atom stereocenters. The fourth-order valence-corrected chi connectivity index (χ4v) is 3.72. The van der Waals surface area contributed by atoms with Crippen LogP contribution in [0.3, 0.4) is 0 Å². The molecule has 1 fully saturated rings. The predicted molar refractivity (Wildman–Crippen MR) is 75.9 cm³/mol. The first kappa shape index (κ1) is 16.5. The summed E-state index contributed by atoms with van der Waals surface area (Å²) in [4.78, 5) is 12.2. The van der Waals surface area contributed by atoms with Crippen LogP contribution in [0.5, 0.6) is 0 Å². The van der Waals surface area contributed by atoms with Crippen LogP contribution in [-0.2, 0) is 16.4 Å². The van der Waals surface area contributed by atoms with Crippen LogP contribution in [0, 0.1) is 22.7 Å². The number of ketones is 1. The van der Waals surface area contributed by atoms with Crippen LogP contribution in [0.4, 0.5) is 13.2 Å². The van der Waals surface area contributed by atoms with Crippen LogP contribution in [0.1, 0.15) is 44.7 Å². The van der Waals surface area contributed by atoms with Crippen molar-refractivity contribution < 1.29 is 18.0 Å². The van der Waals surface area contributed by atoms with Gasteiger partial charge in [-0.3, -0.25) is 4.79 Å². The molecule has 5 heteroatoms. The van der Waals surface area contributed by atoms with E-state index in [0.717, 1.165) is 6.07 Å². The number of carbonyl (C=O) groups excluding carboxylic acids is 1. The van der Waals surface area contributed by atoms with Gasteiger partial charge in [-0.25, -0.2) is 0 Å². The molecule has 1 aliphatic rings. The molecule has 0 bridgehead atoms. The second-order valence-corrected chi connectivity index (χ2v) is 6.91. The van der Waals surface area contributed by atoms with Gasteiger partial charge in [-0.15, -0.1) is 0 Å². The Kier molecular flexibility index (Phi) is 3.85. The molecule has 2 unspecified atom stereocenters. The average molecular weight is 309 g/mol. The van der Waals surface area contributed by atoms with Crippen molar-refractivity contribution in [3.63, 3.8) is 0 Å². The number of alkyl halides is 3. The highest BCUT2D eigenvalue weighted by Gasteiger charge is 2.50. The smallest absolute Gasteiger partial charge is 0.298 e. The number of hydrogen-bond donors (Lipinski definition) is 0. The third kappa shape index (κ3) is 2.75. The van der Waals surface area contributed by atoms with Gasteiger partial charge in [0.25, 0.3) is 0 Å². The van der Waals surface area contributed by atoms with Crippen molar-refractivity contribution >= 4 is 5.78 Å². The maximum absolute atomic E-state index is 13.3. The number of carbonyl (C=O) groups is 1. The summed E-state index contributed by atoms with van der Waals surface area (Å²) >= 11 is 0. The minimum atomic E-state index is -4.45. The number of hydrogen-bond acceptors (Lipinski definition) is 2. The fraction of sp³-hybridized carbons (Fsp3) is 0.529. The zero-order valence-corrected chi connectivity index (χ0v) is 12.8. The van der Waals surface area contributed by atoms with Gasteiger partial charge >= 0.3 is 6.18 Å². The van der Waals surface area contributed by atoms with Crippen LogP contribution in [0.25, 0.3) is 0 Å². The van der Waals surface area contributed by atoms with Crippen LogP contribution < -0.4 is 0 Å². The molecule has 2 nitrogen and oxygen atoms in total. The molecule has 0 N–H and O–H groups in total. The molecule has 0 spiro atoms. The minimum Gasteiger partial charge on any atom is -0.298 e. The van der Waals surface area contributed by atoms with Gasteiger partial charge in [-0.2, -0.15) is 18.4 Å². The lowest BCUT2D eigenvalue weighted by atomic mass is 9.57. The van der Waals surface area contributed by atoms with Gasteiger partial charge in [0, 0.05) is 5.41 Å². The van der Waals surface area contributed by atoms with Crippen molar-refractivity contribution in [1.82, 2.24) is 0 Å². The summed E-state index contributed by atoms with van der Waals surface area (Å²) in [6.45, 7) is 5.12. The molecule has 0 radical (unpaired) electrons. The quantitative estimate of drug-likeness (QED) is 0.767. The summed E-state index contributed by atoms with van der Waals surface area (Å²) in [5.74, 6) is -1.05. The van der Waals surface area contributed by atoms with E-state index in [4.69, 9.17) is 0 Å². The highest BCUT2D eigenvalue weighted by Crippen LogP contribution is 2.50. The first-order valence-corrected chi connectivity index (χ1v) is 7.12. The van der Waals surface area contributed by atoms with E-state index in [1.165, 1.54) is 12.1 Å². The van der Waals surface area contributed by atoms with Gasteiger partial charge in [0.15, 0.2) is 5.78 Å². The molecule has 2 rings (SSSR count). The van der Waals surface area contributed by atoms with Gasteiger partial charge in [0.05, 0.1) is 11.6 Å². The summed E-state index contributed by atoms with van der Waals surface area (Å²) < 4.78 is 39.9. The van der Waals surface area contributed by atoms with Gasteiger partial charge in [-0.05, 0) is 29.9 Å². The maximum Gasteiger partial charge on any atom is 0.416 e. The normalized spacial score (nSPS) is 28.2. The van der Waals surface area contributed by atoms with E-state index >= 15 is 0 Å². The van der Waals surface area contributed by atoms with Gasteiger partial charge in [0.2, 0.25) is 0 Å². The molecular weight excluding hydrogens is 291 g/mol. The Morgan fingerprint density at radius 3 is 2.36 bits per heavy atom. The molecule has 0 aliphatic heterocycles. The van der Waals surface area contributed by atoms with Crippen LogP contribution in [0.2, 0.25) is 0 Å². The molecule has 1 aromatic carbocycles. The van der Waals surface area contributed by atoms with Gasteiger partial charge in [0.1, 0.15) is 5.92 Å². The van der Waals surface area contributed by atoms with E-state index in [1.807, 2.05) is 6.07 Å². The molecule has 0 saturated heterocycles. The Morgan fingerprint density at radius 2 is 1.82 bits per heavy atom. The van der Waals surface area contributed by atoms with E-state index in [-0.39, 0.29) is 17.8 Å². The monoisotopic (exact) mass is 309 g/mol. The van der Waals surface area contributed by atoms with E-state index in [1.54, 1.807) is 26.8 Å². The van der Waals surface area contributed by atoms with Crippen molar-refractivity contribution in [2.45, 2.75) is 45.2 Å². The largest absolute Gasteiger partial charge is 0.416 e. The van der Waals surface area contributed by atoms with Gasteiger partial charge in [-0.1, -0.05) is 39.0 Å². The zero-order valence-electron chi connectivity index (χ0n) is 12.8. The molecule has 1 saturated carbocycles. The second-order valence-electron chi connectivity index (χ2n) is 6.91. The SMILES string of the molecule is CC1(C)CC(C)(c2ccccc2C(F)(F)F)CC(C#N)C1=O. The Hall–Kier alpha value is -1.83. The fourth-order valence-electron chi connectivity index (χ4n) is 3.72. The first-order chi connectivity index (χ1) is 10.0. The third-order valence-corrected chi connectivity index (χ3v) is 4.51. The van der Waals surface area contributed by atoms with Crippen molar-refractivity contribution in [2.75, 3.05) is 0 Å². The highest BCUT2D eigenvalue weighted by molar-refractivity contribution is 5.89. The van der Waals surface area contributed by atoms with Gasteiger partial charge < -0.3 is 0 Å². The van der Waals surface area contributed by atoms with E-state index < -0.39 is 28.5 Å². The molecule has 0 heterocycles. The lowest BCUT2D eigenvalue weighted by Gasteiger charge is -2.44. The van der Waals surface area contributed by atoms with Crippen molar-refractivity contribution in [1.29, 1.82) is 5.26 Å². The molecular formula is C17H18F3NO. The van der Waals surface area contributed by atoms with Crippen LogP contribution in [-0.4, -0.2) is 5.78 Å². The zero-order chi connectivity index (χ0) is 16.8. The molecule has 1 aromatic rings. The summed E-state index contributed by atoms with van der Waals surface area (Å²) in [5.41, 5.74) is -2.18. The van der Waals surface area contributed by atoms with Crippen LogP contribution >= 0.6 is 0 Å². The predicted octanol–water partition coefficient (Wildman–Crippen LogP) is 4.49. The molecule has 118 valence electrons. The Labute approximate surface area is 127 Å². The van der Waals surface area contributed by atoms with E-state index in [9.17, 15) is 23.2 Å². The van der Waals surface area contributed by atoms with E-state index in [0.29, 0.717) is 6.42 Å². The molecule has 0 aromatic heterocycles. The van der Waals surface area contributed by atoms with Crippen molar-refractivity contribution in [2.24, 2.45) is 11.3 Å². The first-order valence-electron chi connectivity index (χ1n) is 7.12. The lowest BCUT2D eigenvalue weighted by molar-refractivity contribution is -0.140. The standard InChI is InChI=1S/C17H18F3NO/c1-15(2)10-16(3,8-11(9-21)14(15)22)12-6-4-5-7-13(12)17(18,19)20/h4-7,11H,8,10H2,1-3H3. The maximum atomic E-state index is 13.3. The Balaban J connectivity index is 2.57. The number of halogens is 3. The van der Waals surface area contributed by atoms with Crippen molar-refractivity contribution in [3.05, 3.63) is 35.4 Å². The topological polar surface area (TPSA) is 40.9 Å². The number of nitriles is 1. The van der Waals surface area contributed by atoms with Crippen LogP contribution in [0.15, 0.2) is 24.3 Å². The van der Waals surface area contributed by atoms with E-state index in [2.05, 4.69) is 0 Å². The average Bonchev–Trinajstić information content (AvgIpc) is 2.41. The summed E-state index contributed by atoms with van der Waals surface area (Å²) in [6, 6.07) is 7.41. The summed E-state index contributed by atoms with van der Waals surface area (Å²) in [7, 11) is 0. The lowest BCUT2D eigenvalue weighted by Crippen LogP contribution is -2.46. The minimum absolute atomic E-state index is 0.124.